The van der Waals surface area contributed by atoms with Gasteiger partial charge in [0.25, 0.3) is 5.91 Å². The lowest BCUT2D eigenvalue weighted by Gasteiger charge is -2.07. The van der Waals surface area contributed by atoms with Crippen LogP contribution in [0.15, 0.2) is 55.1 Å². The molecule has 0 aliphatic heterocycles. The van der Waals surface area contributed by atoms with Gasteiger partial charge in [0.15, 0.2) is 11.6 Å². The highest BCUT2D eigenvalue weighted by molar-refractivity contribution is 5.98. The summed E-state index contributed by atoms with van der Waals surface area (Å²) in [6.07, 6.45) is 6.12. The average molecular weight is 280 g/mol. The number of hydrogen-bond donors (Lipinski definition) is 0. The normalized spacial score (nSPS) is 10.5. The third-order valence-electron chi connectivity index (χ3n) is 3.06. The summed E-state index contributed by atoms with van der Waals surface area (Å²) in [7, 11) is 0. The number of benzene rings is 1. The molecule has 1 aromatic carbocycles. The lowest BCUT2D eigenvalue weighted by molar-refractivity contribution is 0.0931. The largest absolute Gasteiger partial charge is 0.274 e. The van der Waals surface area contributed by atoms with Crippen LogP contribution in [0.4, 0.5) is 0 Å². The maximum Gasteiger partial charge on any atom is 0.263 e. The Morgan fingerprint density at radius 3 is 2.10 bits per heavy atom. The van der Waals surface area contributed by atoms with Gasteiger partial charge in [0, 0.05) is 37.3 Å². The topological polar surface area (TPSA) is 69.8 Å². The van der Waals surface area contributed by atoms with Gasteiger partial charge in [-0.05, 0) is 12.1 Å². The van der Waals surface area contributed by atoms with Crippen molar-refractivity contribution in [2.45, 2.75) is 6.92 Å². The molecule has 6 nitrogen and oxygen atoms in total. The van der Waals surface area contributed by atoms with Gasteiger partial charge in [-0.15, -0.1) is 0 Å². The van der Waals surface area contributed by atoms with Crippen molar-refractivity contribution in [1.29, 1.82) is 0 Å². The van der Waals surface area contributed by atoms with Crippen LogP contribution in [0.2, 0.25) is 0 Å². The second kappa shape index (κ2) is 5.16. The van der Waals surface area contributed by atoms with E-state index < -0.39 is 0 Å². The van der Waals surface area contributed by atoms with Crippen LogP contribution in [0.1, 0.15) is 22.1 Å². The summed E-state index contributed by atoms with van der Waals surface area (Å²) < 4.78 is 2.74. The van der Waals surface area contributed by atoms with Crippen LogP contribution in [0.25, 0.3) is 11.6 Å². The highest BCUT2D eigenvalue weighted by atomic mass is 16.2. The van der Waals surface area contributed by atoms with E-state index in [4.69, 9.17) is 0 Å². The van der Waals surface area contributed by atoms with E-state index in [1.165, 1.54) is 28.5 Å². The number of rotatable bonds is 2. The number of carbonyl (C=O) groups is 2. The summed E-state index contributed by atoms with van der Waals surface area (Å²) in [5.74, 6) is 0.270. The van der Waals surface area contributed by atoms with Gasteiger partial charge >= 0.3 is 0 Å². The van der Waals surface area contributed by atoms with E-state index in [1.807, 2.05) is 6.07 Å². The lowest BCUT2D eigenvalue weighted by Crippen LogP contribution is -2.15. The number of hydrogen-bond acceptors (Lipinski definition) is 4. The third-order valence-corrected chi connectivity index (χ3v) is 3.06. The molecular weight excluding hydrogens is 268 g/mol. The van der Waals surface area contributed by atoms with Crippen LogP contribution < -0.4 is 0 Å². The second-order valence-corrected chi connectivity index (χ2v) is 4.43. The molecule has 0 unspecified atom stereocenters. The van der Waals surface area contributed by atoms with Crippen molar-refractivity contribution in [1.82, 2.24) is 19.1 Å². The first kappa shape index (κ1) is 13.0. The Morgan fingerprint density at radius 1 is 0.905 bits per heavy atom. The minimum Gasteiger partial charge on any atom is -0.274 e. The van der Waals surface area contributed by atoms with Gasteiger partial charge in [-0.25, -0.2) is 9.97 Å². The van der Waals surface area contributed by atoms with Crippen LogP contribution >= 0.6 is 0 Å². The number of imidazole rings is 2. The Morgan fingerprint density at radius 2 is 1.48 bits per heavy atom. The average Bonchev–Trinajstić information content (AvgIpc) is 3.15. The van der Waals surface area contributed by atoms with Gasteiger partial charge < -0.3 is 0 Å². The van der Waals surface area contributed by atoms with Crippen LogP contribution in [-0.2, 0) is 0 Å². The van der Waals surface area contributed by atoms with Gasteiger partial charge in [0.1, 0.15) is 0 Å². The Kier molecular flexibility index (Phi) is 3.19. The number of nitrogens with zero attached hydrogens (tertiary/aromatic N) is 4. The van der Waals surface area contributed by atoms with Crippen LogP contribution in [0, 0.1) is 0 Å². The first-order valence-electron chi connectivity index (χ1n) is 6.36. The fraction of sp³-hybridized carbons (Fsp3) is 0.0667. The Hall–Kier alpha value is -3.02. The van der Waals surface area contributed by atoms with E-state index in [9.17, 15) is 9.59 Å². The molecule has 3 aromatic rings. The van der Waals surface area contributed by atoms with Crippen molar-refractivity contribution < 1.29 is 9.59 Å². The first-order valence-corrected chi connectivity index (χ1v) is 6.36. The quantitative estimate of drug-likeness (QED) is 0.720. The van der Waals surface area contributed by atoms with Crippen molar-refractivity contribution in [2.75, 3.05) is 0 Å². The minimum absolute atomic E-state index is 0.191. The predicted octanol–water partition coefficient (Wildman–Crippen LogP) is 2.10. The molecule has 0 aliphatic rings. The van der Waals surface area contributed by atoms with E-state index >= 15 is 0 Å². The maximum atomic E-state index is 12.5. The van der Waals surface area contributed by atoms with Gasteiger partial charge in [-0.3, -0.25) is 18.7 Å². The van der Waals surface area contributed by atoms with Gasteiger partial charge in [-0.2, -0.15) is 0 Å². The molecule has 0 N–H and O–H groups in total. The van der Waals surface area contributed by atoms with E-state index in [1.54, 1.807) is 36.7 Å². The highest BCUT2D eigenvalue weighted by Crippen LogP contribution is 2.17. The molecule has 2 heterocycles. The Bertz CT molecular complexity index is 802. The maximum absolute atomic E-state index is 12.5. The molecule has 2 aromatic heterocycles. The lowest BCUT2D eigenvalue weighted by atomic mass is 10.2. The van der Waals surface area contributed by atoms with Crippen molar-refractivity contribution in [3.63, 3.8) is 0 Å². The standard InChI is InChI=1S/C15H12N4O2/c1-11(20)18-9-7-16-13(18)14-17-8-10-19(14)15(21)12-5-3-2-4-6-12/h2-10H,1H3. The fourth-order valence-corrected chi connectivity index (χ4v) is 2.08. The van der Waals surface area contributed by atoms with E-state index in [2.05, 4.69) is 9.97 Å². The summed E-state index contributed by atoms with van der Waals surface area (Å²) >= 11 is 0. The van der Waals surface area contributed by atoms with Crippen molar-refractivity contribution >= 4 is 11.8 Å². The van der Waals surface area contributed by atoms with Gasteiger partial charge in [0.2, 0.25) is 5.91 Å². The molecule has 0 amide bonds. The molecule has 0 bridgehead atoms. The fourth-order valence-electron chi connectivity index (χ4n) is 2.08. The monoisotopic (exact) mass is 280 g/mol. The minimum atomic E-state index is -0.221. The van der Waals surface area contributed by atoms with Crippen molar-refractivity contribution in [3.05, 3.63) is 60.7 Å². The zero-order valence-electron chi connectivity index (χ0n) is 11.3. The van der Waals surface area contributed by atoms with E-state index in [0.717, 1.165) is 0 Å². The highest BCUT2D eigenvalue weighted by Gasteiger charge is 2.18. The van der Waals surface area contributed by atoms with Gasteiger partial charge in [0.05, 0.1) is 0 Å². The molecule has 104 valence electrons. The molecular formula is C15H12N4O2. The molecule has 0 saturated heterocycles. The summed E-state index contributed by atoms with van der Waals surface area (Å²) in [4.78, 5) is 32.4. The molecule has 0 atom stereocenters. The number of aromatic nitrogens is 4. The van der Waals surface area contributed by atoms with E-state index in [-0.39, 0.29) is 11.8 Å². The SMILES string of the molecule is CC(=O)n1ccnc1-c1nccn1C(=O)c1ccccc1. The molecule has 0 saturated carbocycles. The van der Waals surface area contributed by atoms with Crippen LogP contribution in [0.3, 0.4) is 0 Å². The molecule has 0 aliphatic carbocycles. The Labute approximate surface area is 120 Å². The second-order valence-electron chi connectivity index (χ2n) is 4.43. The van der Waals surface area contributed by atoms with E-state index in [0.29, 0.717) is 17.2 Å². The summed E-state index contributed by atoms with van der Waals surface area (Å²) in [6, 6.07) is 8.88. The zero-order valence-corrected chi connectivity index (χ0v) is 11.3. The smallest absolute Gasteiger partial charge is 0.263 e. The van der Waals surface area contributed by atoms with Crippen molar-refractivity contribution in [3.8, 4) is 11.6 Å². The third kappa shape index (κ3) is 2.27. The van der Waals surface area contributed by atoms with Crippen LogP contribution in [-0.4, -0.2) is 30.9 Å². The molecule has 3 rings (SSSR count). The summed E-state index contributed by atoms with van der Waals surface area (Å²) in [5.41, 5.74) is 0.540. The molecule has 0 radical (unpaired) electrons. The zero-order chi connectivity index (χ0) is 14.8. The predicted molar refractivity (Wildman–Crippen MR) is 75.9 cm³/mol. The summed E-state index contributed by atoms with van der Waals surface area (Å²) in [5, 5.41) is 0. The molecule has 0 spiro atoms. The molecule has 21 heavy (non-hydrogen) atoms. The van der Waals surface area contributed by atoms with Crippen LogP contribution in [0.5, 0.6) is 0 Å². The van der Waals surface area contributed by atoms with Crippen molar-refractivity contribution in [2.24, 2.45) is 0 Å². The first-order chi connectivity index (χ1) is 10.2. The number of carbonyl (C=O) groups excluding carboxylic acids is 2. The molecule has 6 heteroatoms. The summed E-state index contributed by atoms with van der Waals surface area (Å²) in [6.45, 7) is 1.43. The Balaban J connectivity index is 2.08. The molecule has 0 fully saturated rings. The van der Waals surface area contributed by atoms with Gasteiger partial charge in [-0.1, -0.05) is 18.2 Å².